The maximum Gasteiger partial charge on any atom is 0.112 e. The molecule has 0 fully saturated rings. The van der Waals surface area contributed by atoms with Gasteiger partial charge in [-0.2, -0.15) is 0 Å². The van der Waals surface area contributed by atoms with Gasteiger partial charge in [0.1, 0.15) is 6.26 Å². The lowest BCUT2D eigenvalue weighted by molar-refractivity contribution is 0.469. The summed E-state index contributed by atoms with van der Waals surface area (Å²) >= 11 is 6.19. The SMILES string of the molecule is COP(=S)(/C=C1\N(C)c2ccccc2C1(C)C)/C=C1/N(C)c2ccccc2C1(C)C. The zero-order valence-electron chi connectivity index (χ0n) is 18.9. The van der Waals surface area contributed by atoms with E-state index >= 15 is 0 Å². The van der Waals surface area contributed by atoms with Crippen molar-refractivity contribution in [2.24, 2.45) is 0 Å². The largest absolute Gasteiger partial charge is 0.347 e. The van der Waals surface area contributed by atoms with Gasteiger partial charge in [-0.05, 0) is 34.9 Å². The average molecular weight is 439 g/mol. The van der Waals surface area contributed by atoms with Crippen molar-refractivity contribution in [3.8, 4) is 0 Å². The van der Waals surface area contributed by atoms with Crippen molar-refractivity contribution in [2.75, 3.05) is 31.0 Å². The Labute approximate surface area is 186 Å². The second-order valence-corrected chi connectivity index (χ2v) is 13.1. The Morgan fingerprint density at radius 2 is 1.13 bits per heavy atom. The van der Waals surface area contributed by atoms with Crippen molar-refractivity contribution in [1.29, 1.82) is 0 Å². The van der Waals surface area contributed by atoms with Gasteiger partial charge in [-0.25, -0.2) is 0 Å². The molecule has 30 heavy (non-hydrogen) atoms. The van der Waals surface area contributed by atoms with Crippen LogP contribution in [0.2, 0.25) is 0 Å². The van der Waals surface area contributed by atoms with Gasteiger partial charge in [-0.3, -0.25) is 0 Å². The molecule has 4 rings (SSSR count). The summed E-state index contributed by atoms with van der Waals surface area (Å²) in [5, 5.41) is 0. The van der Waals surface area contributed by atoms with Gasteiger partial charge in [0.15, 0.2) is 0 Å². The number of nitrogens with zero attached hydrogens (tertiary/aromatic N) is 2. The fourth-order valence-electron chi connectivity index (χ4n) is 4.94. The van der Waals surface area contributed by atoms with E-state index in [4.69, 9.17) is 16.3 Å². The first-order valence-corrected chi connectivity index (χ1v) is 13.2. The maximum absolute atomic E-state index is 6.19. The number of rotatable bonds is 3. The molecule has 0 aromatic heterocycles. The van der Waals surface area contributed by atoms with E-state index in [1.807, 2.05) is 0 Å². The number of anilines is 2. The Morgan fingerprint density at radius 1 is 0.767 bits per heavy atom. The summed E-state index contributed by atoms with van der Waals surface area (Å²) in [6.45, 7) is 9.08. The predicted molar refractivity (Wildman–Crippen MR) is 133 cm³/mol. The second-order valence-electron chi connectivity index (χ2n) is 9.26. The lowest BCUT2D eigenvalue weighted by Crippen LogP contribution is -2.24. The van der Waals surface area contributed by atoms with Gasteiger partial charge in [0.25, 0.3) is 0 Å². The molecular weight excluding hydrogens is 407 g/mol. The van der Waals surface area contributed by atoms with Crippen molar-refractivity contribution in [1.82, 2.24) is 0 Å². The molecule has 0 saturated carbocycles. The van der Waals surface area contributed by atoms with E-state index in [9.17, 15) is 0 Å². The molecule has 1 atom stereocenters. The first-order valence-electron chi connectivity index (χ1n) is 10.3. The van der Waals surface area contributed by atoms with E-state index in [-0.39, 0.29) is 10.8 Å². The van der Waals surface area contributed by atoms with Crippen LogP contribution < -0.4 is 9.80 Å². The molecule has 2 aliphatic rings. The number of fused-ring (bicyclic) bond motifs is 2. The van der Waals surface area contributed by atoms with Crippen LogP contribution >= 0.6 is 6.26 Å². The van der Waals surface area contributed by atoms with Crippen LogP contribution in [0.3, 0.4) is 0 Å². The Kier molecular flexibility index (Phi) is 5.05. The highest BCUT2D eigenvalue weighted by Gasteiger charge is 2.41. The topological polar surface area (TPSA) is 15.7 Å². The van der Waals surface area contributed by atoms with Gasteiger partial charge >= 0.3 is 0 Å². The first kappa shape index (κ1) is 21.4. The third-order valence-corrected chi connectivity index (χ3v) is 9.63. The van der Waals surface area contributed by atoms with Crippen LogP contribution in [0.1, 0.15) is 38.8 Å². The Hall–Kier alpha value is -1.87. The maximum atomic E-state index is 6.19. The molecular formula is C25H31N2OPS. The average Bonchev–Trinajstić information content (AvgIpc) is 3.03. The highest BCUT2D eigenvalue weighted by molar-refractivity contribution is 8.15. The van der Waals surface area contributed by atoms with E-state index in [0.717, 1.165) is 0 Å². The van der Waals surface area contributed by atoms with Gasteiger partial charge in [0.2, 0.25) is 0 Å². The van der Waals surface area contributed by atoms with Crippen molar-refractivity contribution < 1.29 is 4.52 Å². The summed E-state index contributed by atoms with van der Waals surface area (Å²) in [5.74, 6) is 4.45. The van der Waals surface area contributed by atoms with E-state index in [2.05, 4.69) is 112 Å². The Morgan fingerprint density at radius 3 is 1.47 bits per heavy atom. The van der Waals surface area contributed by atoms with Gasteiger partial charge in [-0.1, -0.05) is 75.9 Å². The predicted octanol–water partition coefficient (Wildman–Crippen LogP) is 6.57. The first-order chi connectivity index (χ1) is 14.0. The molecule has 5 heteroatoms. The van der Waals surface area contributed by atoms with Gasteiger partial charge in [0, 0.05) is 54.8 Å². The van der Waals surface area contributed by atoms with Crippen LogP contribution in [0.4, 0.5) is 11.4 Å². The van der Waals surface area contributed by atoms with E-state index in [0.29, 0.717) is 0 Å². The lowest BCUT2D eigenvalue weighted by atomic mass is 9.84. The molecule has 2 aromatic carbocycles. The summed E-state index contributed by atoms with van der Waals surface area (Å²) in [4.78, 5) is 4.54. The number of para-hydroxylation sites is 2. The van der Waals surface area contributed by atoms with Crippen molar-refractivity contribution >= 4 is 29.4 Å². The van der Waals surface area contributed by atoms with E-state index < -0.39 is 6.26 Å². The smallest absolute Gasteiger partial charge is 0.112 e. The monoisotopic (exact) mass is 438 g/mol. The number of benzene rings is 2. The number of hydrogen-bond donors (Lipinski definition) is 0. The molecule has 1 unspecified atom stereocenters. The number of allylic oxidation sites excluding steroid dienone is 2. The Bertz CT molecular complexity index is 1030. The van der Waals surface area contributed by atoms with E-state index in [1.54, 1.807) is 7.11 Å². The molecule has 2 heterocycles. The summed E-state index contributed by atoms with van der Waals surface area (Å²) in [6, 6.07) is 17.2. The van der Waals surface area contributed by atoms with Crippen LogP contribution in [0.5, 0.6) is 0 Å². The summed E-state index contributed by atoms with van der Waals surface area (Å²) < 4.78 is 6.06. The third kappa shape index (κ3) is 3.09. The van der Waals surface area contributed by atoms with Crippen LogP contribution in [0.25, 0.3) is 0 Å². The highest BCUT2D eigenvalue weighted by Crippen LogP contribution is 2.59. The molecule has 0 N–H and O–H groups in total. The Balaban J connectivity index is 1.82. The van der Waals surface area contributed by atoms with E-state index in [1.165, 1.54) is 33.9 Å². The molecule has 2 aliphatic heterocycles. The molecule has 158 valence electrons. The summed E-state index contributed by atoms with van der Waals surface area (Å²) in [5.41, 5.74) is 7.32. The van der Waals surface area contributed by atoms with Crippen molar-refractivity contribution in [2.45, 2.75) is 38.5 Å². The minimum atomic E-state index is -2.36. The van der Waals surface area contributed by atoms with Crippen molar-refractivity contribution in [3.63, 3.8) is 0 Å². The normalized spacial score (nSPS) is 23.6. The second kappa shape index (κ2) is 7.09. The number of hydrogen-bond acceptors (Lipinski definition) is 4. The molecule has 0 spiro atoms. The molecule has 0 aliphatic carbocycles. The summed E-state index contributed by atoms with van der Waals surface area (Å²) in [7, 11) is 6.01. The van der Waals surface area contributed by atoms with Gasteiger partial charge in [-0.15, -0.1) is 0 Å². The minimum absolute atomic E-state index is 0.119. The van der Waals surface area contributed by atoms with Crippen LogP contribution in [-0.4, -0.2) is 21.2 Å². The zero-order chi connectivity index (χ0) is 21.9. The van der Waals surface area contributed by atoms with Gasteiger partial charge in [0.05, 0.1) is 0 Å². The molecule has 0 saturated heterocycles. The standard InChI is InChI=1S/C25H31N2OPS/c1-24(2)18-12-8-10-14-20(18)26(5)22(24)16-29(30,28-7)17-23-25(3,4)19-13-9-11-15-21(19)27(23)6/h8-17H,1-7H3/b22-16-,23-17+. The van der Waals surface area contributed by atoms with Gasteiger partial charge < -0.3 is 14.3 Å². The van der Waals surface area contributed by atoms with Crippen LogP contribution in [0, 0.1) is 0 Å². The highest BCUT2D eigenvalue weighted by atomic mass is 32.4. The molecule has 0 bridgehead atoms. The molecule has 3 nitrogen and oxygen atoms in total. The third-order valence-electron chi connectivity index (χ3n) is 6.77. The summed E-state index contributed by atoms with van der Waals surface area (Å²) in [6.07, 6.45) is -2.36. The minimum Gasteiger partial charge on any atom is -0.347 e. The molecule has 2 aromatic rings. The lowest BCUT2D eigenvalue weighted by Gasteiger charge is -2.29. The van der Waals surface area contributed by atoms with Crippen LogP contribution in [-0.2, 0) is 27.2 Å². The fourth-order valence-corrected chi connectivity index (χ4v) is 7.50. The molecule has 0 radical (unpaired) electrons. The van der Waals surface area contributed by atoms with Crippen molar-refractivity contribution in [3.05, 3.63) is 82.7 Å². The quantitative estimate of drug-likeness (QED) is 0.504. The van der Waals surface area contributed by atoms with Crippen LogP contribution in [0.15, 0.2) is 71.6 Å². The fraction of sp³-hybridized carbons (Fsp3) is 0.360. The zero-order valence-corrected chi connectivity index (χ0v) is 20.6. The molecule has 0 amide bonds. The number of likely N-dealkylation sites (N-methyl/N-ethyl adjacent to an activating group) is 2.